The second-order valence-corrected chi connectivity index (χ2v) is 8.87. The van der Waals surface area contributed by atoms with Gasteiger partial charge in [0.2, 0.25) is 5.92 Å². The average Bonchev–Trinajstić information content (AvgIpc) is 3.42. The van der Waals surface area contributed by atoms with E-state index in [1.54, 1.807) is 21.6 Å². The molecule has 4 aromatic heterocycles. The third kappa shape index (κ3) is 3.59. The number of hydrogen-bond acceptors (Lipinski definition) is 4. The maximum atomic E-state index is 15.6. The Labute approximate surface area is 183 Å². The molecule has 4 heterocycles. The first-order chi connectivity index (χ1) is 15.1. The molecule has 0 atom stereocenters. The van der Waals surface area contributed by atoms with E-state index in [0.29, 0.717) is 11.3 Å². The van der Waals surface area contributed by atoms with Crippen LogP contribution in [0.25, 0.3) is 33.3 Å². The fourth-order valence-electron chi connectivity index (χ4n) is 4.63. The summed E-state index contributed by atoms with van der Waals surface area (Å²) in [5.41, 5.74) is 3.83. The minimum absolute atomic E-state index is 0.00736. The van der Waals surface area contributed by atoms with Gasteiger partial charge in [0.05, 0.1) is 29.5 Å². The Kier molecular flexibility index (Phi) is 4.69. The molecule has 0 amide bonds. The smallest absolute Gasteiger partial charge is 0.248 e. The third-order valence-electron chi connectivity index (χ3n) is 6.39. The number of aromatic nitrogens is 5. The molecule has 1 aliphatic rings. The van der Waals surface area contributed by atoms with Gasteiger partial charge < -0.3 is 9.09 Å². The van der Waals surface area contributed by atoms with Crippen LogP contribution in [0.5, 0.6) is 0 Å². The number of halogens is 3. The number of aryl methyl sites for hydroxylation is 3. The van der Waals surface area contributed by atoms with Crippen LogP contribution in [0, 0.1) is 13.8 Å². The zero-order valence-corrected chi connectivity index (χ0v) is 18.2. The summed E-state index contributed by atoms with van der Waals surface area (Å²) in [7, 11) is 1.82. The summed E-state index contributed by atoms with van der Waals surface area (Å²) in [6.07, 6.45) is 6.01. The third-order valence-corrected chi connectivity index (χ3v) is 6.39. The lowest BCUT2D eigenvalue weighted by atomic mass is 9.84. The second kappa shape index (κ2) is 7.21. The summed E-state index contributed by atoms with van der Waals surface area (Å²) >= 11 is 0. The molecule has 0 N–H and O–H groups in total. The summed E-state index contributed by atoms with van der Waals surface area (Å²) in [5, 5.41) is 8.25. The van der Waals surface area contributed by atoms with Crippen molar-refractivity contribution in [1.82, 2.24) is 24.5 Å². The molecule has 1 fully saturated rings. The molecule has 5 rings (SSSR count). The quantitative estimate of drug-likeness (QED) is 0.410. The molecule has 1 saturated carbocycles. The predicted octanol–water partition coefficient (Wildman–Crippen LogP) is 5.63. The van der Waals surface area contributed by atoms with Crippen LogP contribution in [0.3, 0.4) is 0 Å². The number of nitrogens with zero attached hydrogens (tertiary/aromatic N) is 5. The van der Waals surface area contributed by atoms with Crippen LogP contribution in [0.15, 0.2) is 35.4 Å². The van der Waals surface area contributed by atoms with E-state index in [9.17, 15) is 8.78 Å². The molecule has 0 radical (unpaired) electrons. The summed E-state index contributed by atoms with van der Waals surface area (Å²) < 4.78 is 51.7. The normalized spacial score (nSPS) is 17.8. The molecule has 0 spiro atoms. The van der Waals surface area contributed by atoms with Crippen LogP contribution >= 0.6 is 0 Å². The lowest BCUT2D eigenvalue weighted by molar-refractivity contribution is -0.0791. The topological polar surface area (TPSA) is 61.7 Å². The van der Waals surface area contributed by atoms with E-state index in [1.807, 2.05) is 39.4 Å². The van der Waals surface area contributed by atoms with Crippen LogP contribution < -0.4 is 0 Å². The van der Waals surface area contributed by atoms with Gasteiger partial charge in [0.25, 0.3) is 0 Å². The van der Waals surface area contributed by atoms with E-state index in [0.717, 1.165) is 33.5 Å². The average molecular weight is 443 g/mol. The van der Waals surface area contributed by atoms with E-state index >= 15 is 4.39 Å². The fraction of sp³-hybridized carbons (Fsp3) is 0.435. The zero-order valence-electron chi connectivity index (χ0n) is 18.2. The van der Waals surface area contributed by atoms with Crippen molar-refractivity contribution in [3.8, 4) is 22.3 Å². The maximum Gasteiger partial charge on any atom is 0.248 e. The van der Waals surface area contributed by atoms with Gasteiger partial charge >= 0.3 is 0 Å². The number of pyridine rings is 1. The van der Waals surface area contributed by atoms with E-state index in [-0.39, 0.29) is 19.4 Å². The Morgan fingerprint density at radius 2 is 1.78 bits per heavy atom. The highest BCUT2D eigenvalue weighted by Crippen LogP contribution is 2.43. The maximum absolute atomic E-state index is 15.6. The zero-order chi connectivity index (χ0) is 22.7. The highest BCUT2D eigenvalue weighted by atomic mass is 19.3. The van der Waals surface area contributed by atoms with Crippen molar-refractivity contribution < 1.29 is 17.7 Å². The molecule has 0 bridgehead atoms. The van der Waals surface area contributed by atoms with E-state index in [1.165, 1.54) is 0 Å². The van der Waals surface area contributed by atoms with E-state index in [2.05, 4.69) is 10.3 Å². The van der Waals surface area contributed by atoms with Gasteiger partial charge in [0.15, 0.2) is 0 Å². The molecule has 9 heteroatoms. The molecule has 0 aromatic carbocycles. The van der Waals surface area contributed by atoms with Crippen molar-refractivity contribution in [2.24, 2.45) is 7.05 Å². The van der Waals surface area contributed by atoms with Gasteiger partial charge in [-0.05, 0) is 32.8 Å². The minimum atomic E-state index is -2.78. The molecule has 32 heavy (non-hydrogen) atoms. The summed E-state index contributed by atoms with van der Waals surface area (Å²) in [6.45, 7) is 3.68. The lowest BCUT2D eigenvalue weighted by Crippen LogP contribution is -2.38. The first-order valence-corrected chi connectivity index (χ1v) is 10.6. The Balaban J connectivity index is 1.62. The molecular formula is C23H24F3N5O. The van der Waals surface area contributed by atoms with Crippen molar-refractivity contribution in [2.45, 2.75) is 57.7 Å². The highest BCUT2D eigenvalue weighted by Gasteiger charge is 2.44. The Hall–Kier alpha value is -3.10. The SMILES string of the molecule is Cc1noc(C)c1-c1cnc2c(-c3cnn(C)c3)cn(CC3(F)CCC(F)(F)CC3)c2c1. The summed E-state index contributed by atoms with van der Waals surface area (Å²) in [6, 6.07) is 1.94. The van der Waals surface area contributed by atoms with Gasteiger partial charge in [-0.15, -0.1) is 0 Å². The van der Waals surface area contributed by atoms with Gasteiger partial charge in [-0.1, -0.05) is 5.16 Å². The number of fused-ring (bicyclic) bond motifs is 1. The molecular weight excluding hydrogens is 419 g/mol. The van der Waals surface area contributed by atoms with Gasteiger partial charge in [0, 0.05) is 60.7 Å². The Bertz CT molecular complexity index is 1270. The van der Waals surface area contributed by atoms with Crippen LogP contribution in [0.2, 0.25) is 0 Å². The standard InChI is InChI=1S/C23H24F3N5O/c1-14-20(15(2)32-29-14)16-8-19-21(27-9-16)18(17-10-28-30(3)11-17)12-31(19)13-22(24)4-6-23(25,26)7-5-22/h8-12H,4-7,13H2,1-3H3. The van der Waals surface area contributed by atoms with Crippen LogP contribution in [-0.4, -0.2) is 36.1 Å². The van der Waals surface area contributed by atoms with Gasteiger partial charge in [-0.25, -0.2) is 13.2 Å². The Morgan fingerprint density at radius 3 is 2.41 bits per heavy atom. The number of alkyl halides is 3. The molecule has 0 aliphatic heterocycles. The monoisotopic (exact) mass is 443 g/mol. The highest BCUT2D eigenvalue weighted by molar-refractivity contribution is 5.94. The largest absolute Gasteiger partial charge is 0.361 e. The second-order valence-electron chi connectivity index (χ2n) is 8.87. The van der Waals surface area contributed by atoms with Crippen molar-refractivity contribution >= 4 is 11.0 Å². The lowest BCUT2D eigenvalue weighted by Gasteiger charge is -2.34. The fourth-order valence-corrected chi connectivity index (χ4v) is 4.63. The molecule has 6 nitrogen and oxygen atoms in total. The van der Waals surface area contributed by atoms with Crippen LogP contribution in [0.4, 0.5) is 13.2 Å². The number of rotatable bonds is 4. The first kappa shape index (κ1) is 20.8. The van der Waals surface area contributed by atoms with Crippen molar-refractivity contribution in [2.75, 3.05) is 0 Å². The molecule has 0 saturated heterocycles. The first-order valence-electron chi connectivity index (χ1n) is 10.6. The molecule has 168 valence electrons. The molecule has 1 aliphatic carbocycles. The molecule has 0 unspecified atom stereocenters. The van der Waals surface area contributed by atoms with Gasteiger partial charge in [-0.2, -0.15) is 5.10 Å². The van der Waals surface area contributed by atoms with Crippen LogP contribution in [0.1, 0.15) is 37.1 Å². The molecule has 4 aromatic rings. The van der Waals surface area contributed by atoms with Crippen molar-refractivity contribution in [3.05, 3.63) is 42.3 Å². The summed E-state index contributed by atoms with van der Waals surface area (Å²) in [5.74, 6) is -2.11. The van der Waals surface area contributed by atoms with E-state index < -0.39 is 24.4 Å². The Morgan fingerprint density at radius 1 is 1.03 bits per heavy atom. The minimum Gasteiger partial charge on any atom is -0.361 e. The van der Waals surface area contributed by atoms with Gasteiger partial charge in [-0.3, -0.25) is 9.67 Å². The van der Waals surface area contributed by atoms with Crippen LogP contribution in [-0.2, 0) is 13.6 Å². The number of hydrogen-bond donors (Lipinski definition) is 0. The van der Waals surface area contributed by atoms with Crippen molar-refractivity contribution in [1.29, 1.82) is 0 Å². The van der Waals surface area contributed by atoms with Crippen molar-refractivity contribution in [3.63, 3.8) is 0 Å². The summed E-state index contributed by atoms with van der Waals surface area (Å²) in [4.78, 5) is 4.69. The predicted molar refractivity (Wildman–Crippen MR) is 114 cm³/mol. The van der Waals surface area contributed by atoms with Gasteiger partial charge in [0.1, 0.15) is 11.4 Å². The van der Waals surface area contributed by atoms with E-state index in [4.69, 9.17) is 9.51 Å².